The van der Waals surface area contributed by atoms with E-state index >= 15 is 0 Å². The Morgan fingerprint density at radius 2 is 1.75 bits per heavy atom. The van der Waals surface area contributed by atoms with Crippen molar-refractivity contribution in [2.45, 2.75) is 58.8 Å². The topological polar surface area (TPSA) is 41.1 Å². The minimum absolute atomic E-state index is 0.0326. The summed E-state index contributed by atoms with van der Waals surface area (Å²) in [4.78, 5) is 12.5. The standard InChI is InChI=1S/C21H30N2O/c1-3-18-6-4-5-14(2)19(18)23-20(24)22-13-21-10-15-7-16(11-21)9-17(8-15)12-21/h4-6,15-17H,3,7-13H2,1-2H3,(H2,22,23,24). The molecule has 0 aromatic heterocycles. The molecule has 0 spiro atoms. The van der Waals surface area contributed by atoms with Crippen LogP contribution in [-0.2, 0) is 6.42 Å². The van der Waals surface area contributed by atoms with Gasteiger partial charge in [0.15, 0.2) is 0 Å². The van der Waals surface area contributed by atoms with Crippen molar-refractivity contribution in [1.29, 1.82) is 0 Å². The van der Waals surface area contributed by atoms with Crippen molar-refractivity contribution >= 4 is 11.7 Å². The van der Waals surface area contributed by atoms with Crippen LogP contribution in [0.5, 0.6) is 0 Å². The fourth-order valence-electron chi connectivity index (χ4n) is 6.13. The van der Waals surface area contributed by atoms with Crippen molar-refractivity contribution < 1.29 is 4.79 Å². The first-order valence-corrected chi connectivity index (χ1v) is 9.70. The highest BCUT2D eigenvalue weighted by molar-refractivity contribution is 5.91. The highest BCUT2D eigenvalue weighted by Crippen LogP contribution is 2.59. The summed E-state index contributed by atoms with van der Waals surface area (Å²) in [5.74, 6) is 2.80. The van der Waals surface area contributed by atoms with Gasteiger partial charge in [-0.05, 0) is 86.2 Å². The van der Waals surface area contributed by atoms with E-state index in [0.29, 0.717) is 5.41 Å². The summed E-state index contributed by atoms with van der Waals surface area (Å²) >= 11 is 0. The van der Waals surface area contributed by atoms with E-state index in [4.69, 9.17) is 0 Å². The van der Waals surface area contributed by atoms with Crippen LogP contribution in [0.4, 0.5) is 10.5 Å². The van der Waals surface area contributed by atoms with Crippen molar-refractivity contribution in [2.75, 3.05) is 11.9 Å². The first-order chi connectivity index (χ1) is 11.6. The average Bonchev–Trinajstić information content (AvgIpc) is 2.54. The van der Waals surface area contributed by atoms with Crippen LogP contribution in [0.25, 0.3) is 0 Å². The molecule has 2 amide bonds. The molecule has 5 rings (SSSR count). The van der Waals surface area contributed by atoms with Crippen LogP contribution in [0.1, 0.15) is 56.6 Å². The number of nitrogens with one attached hydrogen (secondary N) is 2. The van der Waals surface area contributed by atoms with Crippen LogP contribution in [-0.4, -0.2) is 12.6 Å². The number of carbonyl (C=O) groups is 1. The number of anilines is 1. The lowest BCUT2D eigenvalue weighted by atomic mass is 9.49. The molecule has 0 aliphatic heterocycles. The molecule has 1 aromatic carbocycles. The minimum atomic E-state index is -0.0326. The average molecular weight is 326 g/mol. The van der Waals surface area contributed by atoms with Crippen LogP contribution < -0.4 is 10.6 Å². The summed E-state index contributed by atoms with van der Waals surface area (Å²) in [6.45, 7) is 5.05. The summed E-state index contributed by atoms with van der Waals surface area (Å²) < 4.78 is 0. The van der Waals surface area contributed by atoms with E-state index in [0.717, 1.165) is 42.0 Å². The largest absolute Gasteiger partial charge is 0.337 e. The SMILES string of the molecule is CCc1cccc(C)c1NC(=O)NCC12CC3CC(CC(C3)C1)C2. The predicted molar refractivity (Wildman–Crippen MR) is 98.2 cm³/mol. The Kier molecular flexibility index (Phi) is 4.06. The van der Waals surface area contributed by atoms with Gasteiger partial charge in [-0.15, -0.1) is 0 Å². The number of rotatable bonds is 4. The summed E-state index contributed by atoms with van der Waals surface area (Å²) in [6, 6.07) is 6.19. The van der Waals surface area contributed by atoms with Gasteiger partial charge in [-0.2, -0.15) is 0 Å². The number of aryl methyl sites for hydroxylation is 2. The Balaban J connectivity index is 1.39. The number of urea groups is 1. The van der Waals surface area contributed by atoms with Crippen molar-refractivity contribution in [1.82, 2.24) is 5.32 Å². The minimum Gasteiger partial charge on any atom is -0.337 e. The molecule has 4 bridgehead atoms. The van der Waals surface area contributed by atoms with E-state index in [1.807, 2.05) is 0 Å². The molecular formula is C21H30N2O. The molecule has 4 fully saturated rings. The lowest BCUT2D eigenvalue weighted by molar-refractivity contribution is -0.0496. The van der Waals surface area contributed by atoms with Gasteiger partial charge in [-0.25, -0.2) is 4.79 Å². The summed E-state index contributed by atoms with van der Waals surface area (Å²) in [6.07, 6.45) is 9.31. The van der Waals surface area contributed by atoms with E-state index in [1.165, 1.54) is 44.1 Å². The van der Waals surface area contributed by atoms with Gasteiger partial charge in [0.05, 0.1) is 0 Å². The number of amides is 2. The molecule has 0 atom stereocenters. The molecule has 130 valence electrons. The molecule has 2 N–H and O–H groups in total. The van der Waals surface area contributed by atoms with Gasteiger partial charge in [0.2, 0.25) is 0 Å². The molecule has 4 aliphatic rings. The maximum Gasteiger partial charge on any atom is 0.319 e. The molecule has 4 aliphatic carbocycles. The van der Waals surface area contributed by atoms with E-state index in [2.05, 4.69) is 42.7 Å². The van der Waals surface area contributed by atoms with Crippen LogP contribution in [0.2, 0.25) is 0 Å². The molecular weight excluding hydrogens is 296 g/mol. The van der Waals surface area contributed by atoms with Gasteiger partial charge in [-0.1, -0.05) is 25.1 Å². The molecule has 4 saturated carbocycles. The fourth-order valence-corrected chi connectivity index (χ4v) is 6.13. The molecule has 1 aromatic rings. The van der Waals surface area contributed by atoms with E-state index < -0.39 is 0 Å². The first kappa shape index (κ1) is 16.0. The normalized spacial score (nSPS) is 33.5. The van der Waals surface area contributed by atoms with Gasteiger partial charge in [0, 0.05) is 12.2 Å². The zero-order valence-electron chi connectivity index (χ0n) is 15.0. The van der Waals surface area contributed by atoms with E-state index in [1.54, 1.807) is 0 Å². The Labute approximate surface area is 145 Å². The van der Waals surface area contributed by atoms with Crippen LogP contribution >= 0.6 is 0 Å². The van der Waals surface area contributed by atoms with E-state index in [-0.39, 0.29) is 6.03 Å². The third-order valence-corrected chi connectivity index (χ3v) is 6.77. The van der Waals surface area contributed by atoms with Crippen molar-refractivity contribution in [3.05, 3.63) is 29.3 Å². The lowest BCUT2D eigenvalue weighted by Crippen LogP contribution is -2.51. The number of hydrogen-bond donors (Lipinski definition) is 2. The second-order valence-electron chi connectivity index (χ2n) is 8.69. The highest BCUT2D eigenvalue weighted by Gasteiger charge is 2.50. The van der Waals surface area contributed by atoms with Crippen molar-refractivity contribution in [2.24, 2.45) is 23.2 Å². The molecule has 3 heteroatoms. The molecule has 24 heavy (non-hydrogen) atoms. The second kappa shape index (κ2) is 6.09. The number of carbonyl (C=O) groups excluding carboxylic acids is 1. The molecule has 0 heterocycles. The van der Waals surface area contributed by atoms with Crippen LogP contribution in [0.15, 0.2) is 18.2 Å². The predicted octanol–water partition coefficient (Wildman–Crippen LogP) is 4.90. The summed E-state index contributed by atoms with van der Waals surface area (Å²) in [5.41, 5.74) is 3.73. The maximum atomic E-state index is 12.5. The lowest BCUT2D eigenvalue weighted by Gasteiger charge is -2.56. The number of benzene rings is 1. The third-order valence-electron chi connectivity index (χ3n) is 6.77. The number of para-hydroxylation sites is 1. The maximum absolute atomic E-state index is 12.5. The second-order valence-corrected chi connectivity index (χ2v) is 8.69. The van der Waals surface area contributed by atoms with Crippen molar-refractivity contribution in [3.63, 3.8) is 0 Å². The first-order valence-electron chi connectivity index (χ1n) is 9.70. The fraction of sp³-hybridized carbons (Fsp3) is 0.667. The van der Waals surface area contributed by atoms with Crippen LogP contribution in [0, 0.1) is 30.1 Å². The Morgan fingerprint density at radius 3 is 2.33 bits per heavy atom. The van der Waals surface area contributed by atoms with Gasteiger partial charge >= 0.3 is 6.03 Å². The Hall–Kier alpha value is -1.51. The van der Waals surface area contributed by atoms with Crippen LogP contribution in [0.3, 0.4) is 0 Å². The zero-order valence-corrected chi connectivity index (χ0v) is 15.0. The van der Waals surface area contributed by atoms with Gasteiger partial charge in [0.25, 0.3) is 0 Å². The molecule has 0 saturated heterocycles. The van der Waals surface area contributed by atoms with Gasteiger partial charge in [0.1, 0.15) is 0 Å². The smallest absolute Gasteiger partial charge is 0.319 e. The quantitative estimate of drug-likeness (QED) is 0.812. The molecule has 3 nitrogen and oxygen atoms in total. The molecule has 0 radical (unpaired) electrons. The third kappa shape index (κ3) is 2.94. The molecule has 0 unspecified atom stereocenters. The summed E-state index contributed by atoms with van der Waals surface area (Å²) in [5, 5.41) is 6.33. The van der Waals surface area contributed by atoms with Crippen molar-refractivity contribution in [3.8, 4) is 0 Å². The zero-order chi connectivity index (χ0) is 16.7. The summed E-state index contributed by atoms with van der Waals surface area (Å²) in [7, 11) is 0. The highest BCUT2D eigenvalue weighted by atomic mass is 16.2. The van der Waals surface area contributed by atoms with Gasteiger partial charge in [-0.3, -0.25) is 0 Å². The number of hydrogen-bond acceptors (Lipinski definition) is 1. The van der Waals surface area contributed by atoms with Gasteiger partial charge < -0.3 is 10.6 Å². The Bertz CT molecular complexity index is 601. The Morgan fingerprint density at radius 1 is 1.12 bits per heavy atom. The van der Waals surface area contributed by atoms with E-state index in [9.17, 15) is 4.79 Å². The monoisotopic (exact) mass is 326 g/mol.